The van der Waals surface area contributed by atoms with E-state index in [2.05, 4.69) is 15.2 Å². The van der Waals surface area contributed by atoms with Crippen molar-refractivity contribution in [3.63, 3.8) is 0 Å². The highest BCUT2D eigenvalue weighted by atomic mass is 16.3. The van der Waals surface area contributed by atoms with Crippen molar-refractivity contribution in [1.82, 2.24) is 19.8 Å². The molecule has 2 aromatic rings. The smallest absolute Gasteiger partial charge is 0.347 e. The van der Waals surface area contributed by atoms with Gasteiger partial charge >= 0.3 is 5.69 Å². The molecule has 134 valence electrons. The minimum atomic E-state index is -0.404. The van der Waals surface area contributed by atoms with E-state index in [1.165, 1.54) is 10.8 Å². The molecule has 2 aromatic heterocycles. The molecule has 1 fully saturated rings. The Morgan fingerprint density at radius 1 is 1.36 bits per heavy atom. The Morgan fingerprint density at radius 3 is 2.84 bits per heavy atom. The standard InChI is InChI=1S/C18H24N4O3/c1-14-3-4-16(25-14)12-21-9-5-15(6-10-21)11-20-17(23)13-22-8-2-7-19-18(22)24/h2-4,7-8,15H,5-6,9-13H2,1H3,(H,20,23). The zero-order valence-electron chi connectivity index (χ0n) is 14.5. The molecule has 0 spiro atoms. The zero-order chi connectivity index (χ0) is 17.6. The summed E-state index contributed by atoms with van der Waals surface area (Å²) in [4.78, 5) is 29.5. The first-order chi connectivity index (χ1) is 12.1. The lowest BCUT2D eigenvalue weighted by Crippen LogP contribution is -2.40. The lowest BCUT2D eigenvalue weighted by Gasteiger charge is -2.31. The summed E-state index contributed by atoms with van der Waals surface area (Å²) in [6.07, 6.45) is 5.10. The van der Waals surface area contributed by atoms with Crippen LogP contribution in [0, 0.1) is 12.8 Å². The number of likely N-dealkylation sites (tertiary alicyclic amines) is 1. The third-order valence-corrected chi connectivity index (χ3v) is 4.57. The molecule has 7 nitrogen and oxygen atoms in total. The topological polar surface area (TPSA) is 80.4 Å². The molecule has 0 saturated carbocycles. The molecule has 1 amide bonds. The van der Waals surface area contributed by atoms with Crippen LogP contribution in [-0.4, -0.2) is 40.0 Å². The van der Waals surface area contributed by atoms with Gasteiger partial charge in [-0.05, 0) is 57.0 Å². The van der Waals surface area contributed by atoms with Crippen LogP contribution in [0.3, 0.4) is 0 Å². The van der Waals surface area contributed by atoms with Gasteiger partial charge in [0.25, 0.3) is 0 Å². The fourth-order valence-electron chi connectivity index (χ4n) is 3.12. The second kappa shape index (κ2) is 8.11. The minimum Gasteiger partial charge on any atom is -0.465 e. The number of rotatable bonds is 6. The predicted octanol–water partition coefficient (Wildman–Crippen LogP) is 1.17. The zero-order valence-corrected chi connectivity index (χ0v) is 14.5. The molecule has 0 aliphatic carbocycles. The molecule has 0 atom stereocenters. The first kappa shape index (κ1) is 17.4. The van der Waals surface area contributed by atoms with Crippen molar-refractivity contribution in [1.29, 1.82) is 0 Å². The highest BCUT2D eigenvalue weighted by Crippen LogP contribution is 2.19. The van der Waals surface area contributed by atoms with E-state index in [-0.39, 0.29) is 12.5 Å². The highest BCUT2D eigenvalue weighted by Gasteiger charge is 2.20. The first-order valence-corrected chi connectivity index (χ1v) is 8.66. The van der Waals surface area contributed by atoms with E-state index in [9.17, 15) is 9.59 Å². The molecule has 0 radical (unpaired) electrons. The molecule has 0 unspecified atom stereocenters. The van der Waals surface area contributed by atoms with Crippen LogP contribution in [0.25, 0.3) is 0 Å². The third kappa shape index (κ3) is 5.03. The second-order valence-electron chi connectivity index (χ2n) is 6.57. The largest absolute Gasteiger partial charge is 0.465 e. The molecular formula is C18H24N4O3. The highest BCUT2D eigenvalue weighted by molar-refractivity contribution is 5.75. The summed E-state index contributed by atoms with van der Waals surface area (Å²) in [6.45, 7) is 5.48. The van der Waals surface area contributed by atoms with Gasteiger partial charge in [-0.2, -0.15) is 0 Å². The van der Waals surface area contributed by atoms with E-state index in [0.29, 0.717) is 12.5 Å². The van der Waals surface area contributed by atoms with Gasteiger partial charge in [-0.15, -0.1) is 0 Å². The van der Waals surface area contributed by atoms with E-state index in [0.717, 1.165) is 44.0 Å². The van der Waals surface area contributed by atoms with Gasteiger partial charge in [0.05, 0.1) is 6.54 Å². The van der Waals surface area contributed by atoms with Crippen LogP contribution in [0.1, 0.15) is 24.4 Å². The van der Waals surface area contributed by atoms with Crippen LogP contribution in [0.15, 0.2) is 39.8 Å². The molecule has 1 saturated heterocycles. The summed E-state index contributed by atoms with van der Waals surface area (Å²) in [5.41, 5.74) is -0.404. The summed E-state index contributed by atoms with van der Waals surface area (Å²) >= 11 is 0. The Labute approximate surface area is 146 Å². The molecule has 3 heterocycles. The van der Waals surface area contributed by atoms with Gasteiger partial charge in [0.15, 0.2) is 0 Å². The summed E-state index contributed by atoms with van der Waals surface area (Å²) < 4.78 is 6.94. The summed E-state index contributed by atoms with van der Waals surface area (Å²) in [5.74, 6) is 2.28. The lowest BCUT2D eigenvalue weighted by molar-refractivity contribution is -0.122. The Bertz CT molecular complexity index is 759. The van der Waals surface area contributed by atoms with Crippen LogP contribution in [0.5, 0.6) is 0 Å². The Hall–Kier alpha value is -2.41. The van der Waals surface area contributed by atoms with Crippen LogP contribution in [0.2, 0.25) is 0 Å². The Morgan fingerprint density at radius 2 is 2.16 bits per heavy atom. The van der Waals surface area contributed by atoms with E-state index < -0.39 is 5.69 Å². The van der Waals surface area contributed by atoms with Gasteiger partial charge < -0.3 is 9.73 Å². The summed E-state index contributed by atoms with van der Waals surface area (Å²) in [6, 6.07) is 5.66. The monoisotopic (exact) mass is 344 g/mol. The van der Waals surface area contributed by atoms with Gasteiger partial charge in [0.2, 0.25) is 5.91 Å². The van der Waals surface area contributed by atoms with Crippen LogP contribution < -0.4 is 11.0 Å². The number of nitrogens with one attached hydrogen (secondary N) is 1. The van der Waals surface area contributed by atoms with Crippen molar-refractivity contribution in [3.05, 3.63) is 52.6 Å². The number of aryl methyl sites for hydroxylation is 1. The molecule has 0 bridgehead atoms. The van der Waals surface area contributed by atoms with Gasteiger partial charge in [0, 0.05) is 18.9 Å². The molecule has 1 aliphatic rings. The maximum atomic E-state index is 12.0. The number of piperidine rings is 1. The Kier molecular flexibility index (Phi) is 5.65. The van der Waals surface area contributed by atoms with E-state index in [4.69, 9.17) is 4.42 Å². The molecule has 25 heavy (non-hydrogen) atoms. The van der Waals surface area contributed by atoms with Crippen molar-refractivity contribution in [2.75, 3.05) is 19.6 Å². The van der Waals surface area contributed by atoms with Crippen LogP contribution >= 0.6 is 0 Å². The van der Waals surface area contributed by atoms with Gasteiger partial charge in [-0.3, -0.25) is 14.3 Å². The molecule has 3 rings (SSSR count). The van der Waals surface area contributed by atoms with Crippen molar-refractivity contribution < 1.29 is 9.21 Å². The SMILES string of the molecule is Cc1ccc(CN2CCC(CNC(=O)Cn3cccnc3=O)CC2)o1. The predicted molar refractivity (Wildman–Crippen MR) is 93.0 cm³/mol. The number of amides is 1. The van der Waals surface area contributed by atoms with E-state index in [1.807, 2.05) is 19.1 Å². The Balaban J connectivity index is 1.38. The van der Waals surface area contributed by atoms with Gasteiger partial charge in [0.1, 0.15) is 18.1 Å². The van der Waals surface area contributed by atoms with Crippen molar-refractivity contribution in [3.8, 4) is 0 Å². The quantitative estimate of drug-likeness (QED) is 0.851. The fourth-order valence-corrected chi connectivity index (χ4v) is 3.12. The number of nitrogens with zero attached hydrogens (tertiary/aromatic N) is 3. The third-order valence-electron chi connectivity index (χ3n) is 4.57. The summed E-state index contributed by atoms with van der Waals surface area (Å²) in [7, 11) is 0. The molecule has 0 aromatic carbocycles. The number of carbonyl (C=O) groups is 1. The molecule has 1 N–H and O–H groups in total. The minimum absolute atomic E-state index is 0.0172. The number of hydrogen-bond donors (Lipinski definition) is 1. The molecular weight excluding hydrogens is 320 g/mol. The van der Waals surface area contributed by atoms with Crippen molar-refractivity contribution in [2.24, 2.45) is 5.92 Å². The lowest BCUT2D eigenvalue weighted by atomic mass is 9.96. The maximum absolute atomic E-state index is 12.0. The number of furan rings is 1. The van der Waals surface area contributed by atoms with Gasteiger partial charge in [-0.1, -0.05) is 0 Å². The number of hydrogen-bond acceptors (Lipinski definition) is 5. The van der Waals surface area contributed by atoms with Crippen molar-refractivity contribution >= 4 is 5.91 Å². The van der Waals surface area contributed by atoms with Crippen LogP contribution in [0.4, 0.5) is 0 Å². The normalized spacial score (nSPS) is 16.0. The average Bonchev–Trinajstić information content (AvgIpc) is 3.01. The number of aromatic nitrogens is 2. The molecule has 7 heteroatoms. The van der Waals surface area contributed by atoms with Crippen LogP contribution in [-0.2, 0) is 17.9 Å². The number of carbonyl (C=O) groups excluding carboxylic acids is 1. The first-order valence-electron chi connectivity index (χ1n) is 8.66. The maximum Gasteiger partial charge on any atom is 0.347 e. The summed E-state index contributed by atoms with van der Waals surface area (Å²) in [5, 5.41) is 2.93. The van der Waals surface area contributed by atoms with E-state index >= 15 is 0 Å². The van der Waals surface area contributed by atoms with Gasteiger partial charge in [-0.25, -0.2) is 9.78 Å². The fraction of sp³-hybridized carbons (Fsp3) is 0.500. The van der Waals surface area contributed by atoms with E-state index in [1.54, 1.807) is 12.3 Å². The van der Waals surface area contributed by atoms with Crippen molar-refractivity contribution in [2.45, 2.75) is 32.9 Å². The molecule has 1 aliphatic heterocycles. The second-order valence-corrected chi connectivity index (χ2v) is 6.57. The average molecular weight is 344 g/mol.